The van der Waals surface area contributed by atoms with Crippen molar-refractivity contribution in [2.45, 2.75) is 13.3 Å². The van der Waals surface area contributed by atoms with Crippen molar-refractivity contribution in [3.8, 4) is 0 Å². The molecule has 2 aromatic heterocycles. The first-order valence-electron chi connectivity index (χ1n) is 5.64. The van der Waals surface area contributed by atoms with E-state index in [0.717, 1.165) is 28.9 Å². The van der Waals surface area contributed by atoms with Gasteiger partial charge in [-0.3, -0.25) is 4.40 Å². The van der Waals surface area contributed by atoms with Gasteiger partial charge in [0.25, 0.3) is 0 Å². The van der Waals surface area contributed by atoms with Gasteiger partial charge >= 0.3 is 0 Å². The number of nitrogens with one attached hydrogen (secondary N) is 1. The zero-order valence-corrected chi connectivity index (χ0v) is 9.81. The summed E-state index contributed by atoms with van der Waals surface area (Å²) in [5.74, 6) is 0.760. The maximum Gasteiger partial charge on any atom is 0.203 e. The molecule has 17 heavy (non-hydrogen) atoms. The molecule has 0 fully saturated rings. The zero-order valence-electron chi connectivity index (χ0n) is 9.81. The van der Waals surface area contributed by atoms with E-state index in [-0.39, 0.29) is 0 Å². The highest BCUT2D eigenvalue weighted by Gasteiger charge is 2.10. The summed E-state index contributed by atoms with van der Waals surface area (Å²) in [4.78, 5) is 4.63. The minimum atomic E-state index is 0.758. The molecule has 0 saturated heterocycles. The van der Waals surface area contributed by atoms with Gasteiger partial charge in [-0.15, -0.1) is 10.2 Å². The molecule has 0 saturated carbocycles. The number of anilines is 1. The largest absolute Gasteiger partial charge is 0.370 e. The smallest absolute Gasteiger partial charge is 0.203 e. The monoisotopic (exact) mass is 227 g/mol. The molecule has 3 aromatic rings. The van der Waals surface area contributed by atoms with E-state index in [9.17, 15) is 0 Å². The number of rotatable bonds is 2. The molecule has 3 rings (SSSR count). The third kappa shape index (κ3) is 1.35. The Hall–Kier alpha value is -2.17. The minimum Gasteiger partial charge on any atom is -0.370 e. The SMILES string of the molecule is CCc1cccc2c1nc(NC)c1nncn12. The third-order valence-electron chi connectivity index (χ3n) is 2.96. The van der Waals surface area contributed by atoms with Crippen molar-refractivity contribution in [2.24, 2.45) is 0 Å². The number of benzene rings is 1. The average molecular weight is 227 g/mol. The van der Waals surface area contributed by atoms with E-state index < -0.39 is 0 Å². The van der Waals surface area contributed by atoms with Gasteiger partial charge in [0.2, 0.25) is 5.65 Å². The molecule has 86 valence electrons. The number of fused-ring (bicyclic) bond motifs is 3. The Kier molecular flexibility index (Phi) is 2.18. The molecular formula is C12H13N5. The van der Waals surface area contributed by atoms with Crippen LogP contribution in [-0.4, -0.2) is 26.6 Å². The van der Waals surface area contributed by atoms with Crippen LogP contribution in [0.4, 0.5) is 5.82 Å². The molecule has 0 unspecified atom stereocenters. The molecular weight excluding hydrogens is 214 g/mol. The molecule has 5 heteroatoms. The van der Waals surface area contributed by atoms with Crippen molar-refractivity contribution in [3.05, 3.63) is 30.1 Å². The Morgan fingerprint density at radius 1 is 1.35 bits per heavy atom. The second-order valence-corrected chi connectivity index (χ2v) is 3.87. The summed E-state index contributed by atoms with van der Waals surface area (Å²) in [6, 6.07) is 6.18. The molecule has 0 radical (unpaired) electrons. The van der Waals surface area contributed by atoms with Crippen LogP contribution in [0.2, 0.25) is 0 Å². The highest BCUT2D eigenvalue weighted by molar-refractivity contribution is 5.84. The number of hydrogen-bond donors (Lipinski definition) is 1. The van der Waals surface area contributed by atoms with Crippen molar-refractivity contribution in [2.75, 3.05) is 12.4 Å². The maximum absolute atomic E-state index is 4.63. The standard InChI is InChI=1S/C12H13N5/c1-3-8-5-4-6-9-10(8)15-11(13-2)12-16-14-7-17(9)12/h4-7H,3H2,1-2H3,(H,13,15). The normalized spacial score (nSPS) is 11.2. The molecule has 0 amide bonds. The van der Waals surface area contributed by atoms with Gasteiger partial charge < -0.3 is 5.32 Å². The van der Waals surface area contributed by atoms with Gasteiger partial charge in [-0.25, -0.2) is 4.98 Å². The van der Waals surface area contributed by atoms with Gasteiger partial charge in [-0.2, -0.15) is 0 Å². The van der Waals surface area contributed by atoms with Crippen molar-refractivity contribution in [3.63, 3.8) is 0 Å². The summed E-state index contributed by atoms with van der Waals surface area (Å²) < 4.78 is 1.97. The van der Waals surface area contributed by atoms with E-state index in [2.05, 4.69) is 33.5 Å². The van der Waals surface area contributed by atoms with Crippen LogP contribution in [0.3, 0.4) is 0 Å². The van der Waals surface area contributed by atoms with Gasteiger partial charge in [0, 0.05) is 7.05 Å². The van der Waals surface area contributed by atoms with Crippen LogP contribution in [0.25, 0.3) is 16.7 Å². The van der Waals surface area contributed by atoms with E-state index in [1.807, 2.05) is 23.6 Å². The van der Waals surface area contributed by atoms with Crippen molar-refractivity contribution >= 4 is 22.5 Å². The lowest BCUT2D eigenvalue weighted by atomic mass is 10.1. The maximum atomic E-state index is 4.63. The zero-order chi connectivity index (χ0) is 11.8. The Balaban J connectivity index is 2.52. The van der Waals surface area contributed by atoms with Gasteiger partial charge in [-0.05, 0) is 18.1 Å². The van der Waals surface area contributed by atoms with Crippen LogP contribution >= 0.6 is 0 Å². The lowest BCUT2D eigenvalue weighted by molar-refractivity contribution is 1.11. The fraction of sp³-hybridized carbons (Fsp3) is 0.250. The van der Waals surface area contributed by atoms with Crippen LogP contribution < -0.4 is 5.32 Å². The predicted octanol–water partition coefficient (Wildman–Crippen LogP) is 1.88. The first-order chi connectivity index (χ1) is 8.35. The summed E-state index contributed by atoms with van der Waals surface area (Å²) >= 11 is 0. The van der Waals surface area contributed by atoms with Crippen LogP contribution in [-0.2, 0) is 6.42 Å². The van der Waals surface area contributed by atoms with E-state index >= 15 is 0 Å². The summed E-state index contributed by atoms with van der Waals surface area (Å²) in [7, 11) is 1.84. The third-order valence-corrected chi connectivity index (χ3v) is 2.96. The molecule has 1 N–H and O–H groups in total. The van der Waals surface area contributed by atoms with Gasteiger partial charge in [0.05, 0.1) is 11.0 Å². The lowest BCUT2D eigenvalue weighted by Gasteiger charge is -2.08. The minimum absolute atomic E-state index is 0.758. The van der Waals surface area contributed by atoms with E-state index in [4.69, 9.17) is 0 Å². The Labute approximate surface area is 98.5 Å². The van der Waals surface area contributed by atoms with Gasteiger partial charge in [0.1, 0.15) is 6.33 Å². The highest BCUT2D eigenvalue weighted by atomic mass is 15.2. The second-order valence-electron chi connectivity index (χ2n) is 3.87. The second kappa shape index (κ2) is 3.69. The Morgan fingerprint density at radius 2 is 2.24 bits per heavy atom. The van der Waals surface area contributed by atoms with E-state index in [0.29, 0.717) is 0 Å². The predicted molar refractivity (Wildman–Crippen MR) is 67.2 cm³/mol. The number of para-hydroxylation sites is 1. The summed E-state index contributed by atoms with van der Waals surface area (Å²) in [6.45, 7) is 2.13. The number of hydrogen-bond acceptors (Lipinski definition) is 4. The molecule has 0 spiro atoms. The number of aryl methyl sites for hydroxylation is 1. The van der Waals surface area contributed by atoms with Crippen molar-refractivity contribution in [1.29, 1.82) is 0 Å². The van der Waals surface area contributed by atoms with Gasteiger partial charge in [-0.1, -0.05) is 19.1 Å². The summed E-state index contributed by atoms with van der Waals surface area (Å²) in [6.07, 6.45) is 2.68. The van der Waals surface area contributed by atoms with Crippen LogP contribution in [0, 0.1) is 0 Å². The lowest BCUT2D eigenvalue weighted by Crippen LogP contribution is -2.01. The molecule has 0 aliphatic heterocycles. The average Bonchev–Trinajstić information content (AvgIpc) is 2.86. The first-order valence-corrected chi connectivity index (χ1v) is 5.64. The molecule has 5 nitrogen and oxygen atoms in total. The Bertz CT molecular complexity index is 686. The fourth-order valence-corrected chi connectivity index (χ4v) is 2.09. The fourth-order valence-electron chi connectivity index (χ4n) is 2.09. The highest BCUT2D eigenvalue weighted by Crippen LogP contribution is 2.22. The van der Waals surface area contributed by atoms with Crippen LogP contribution in [0.5, 0.6) is 0 Å². The van der Waals surface area contributed by atoms with Crippen molar-refractivity contribution < 1.29 is 0 Å². The number of nitrogens with zero attached hydrogens (tertiary/aromatic N) is 4. The Morgan fingerprint density at radius 3 is 3.00 bits per heavy atom. The van der Waals surface area contributed by atoms with Crippen LogP contribution in [0.1, 0.15) is 12.5 Å². The van der Waals surface area contributed by atoms with E-state index in [1.165, 1.54) is 5.56 Å². The summed E-state index contributed by atoms with van der Waals surface area (Å²) in [5.41, 5.74) is 4.04. The van der Waals surface area contributed by atoms with Gasteiger partial charge in [0.15, 0.2) is 5.82 Å². The first kappa shape index (κ1) is 10.0. The van der Waals surface area contributed by atoms with Crippen LogP contribution in [0.15, 0.2) is 24.5 Å². The van der Waals surface area contributed by atoms with Crippen molar-refractivity contribution in [1.82, 2.24) is 19.6 Å². The topological polar surface area (TPSA) is 55.1 Å². The van der Waals surface area contributed by atoms with E-state index in [1.54, 1.807) is 6.33 Å². The molecule has 0 bridgehead atoms. The quantitative estimate of drug-likeness (QED) is 0.726. The molecule has 1 aromatic carbocycles. The molecule has 0 aliphatic carbocycles. The molecule has 0 atom stereocenters. The number of aromatic nitrogens is 4. The molecule has 2 heterocycles. The molecule has 0 aliphatic rings. The summed E-state index contributed by atoms with van der Waals surface area (Å²) in [5, 5.41) is 11.1.